The van der Waals surface area contributed by atoms with Crippen molar-refractivity contribution in [1.82, 2.24) is 4.90 Å². The summed E-state index contributed by atoms with van der Waals surface area (Å²) in [6, 6.07) is 15.3. The largest absolute Gasteiger partial charge is 0.465 e. The maximum atomic E-state index is 14.1. The molecule has 39 heavy (non-hydrogen) atoms. The zero-order valence-electron chi connectivity index (χ0n) is 23.0. The van der Waals surface area contributed by atoms with E-state index >= 15 is 0 Å². The highest BCUT2D eigenvalue weighted by atomic mass is 16.5. The summed E-state index contributed by atoms with van der Waals surface area (Å²) in [7, 11) is 1.44. The van der Waals surface area contributed by atoms with Crippen LogP contribution in [0, 0.1) is 11.8 Å². The predicted molar refractivity (Wildman–Crippen MR) is 151 cm³/mol. The number of hydrogen-bond donors (Lipinski definition) is 0. The number of rotatable bonds is 3. The van der Waals surface area contributed by atoms with Gasteiger partial charge in [-0.3, -0.25) is 4.79 Å². The molecule has 0 radical (unpaired) electrons. The summed E-state index contributed by atoms with van der Waals surface area (Å²) in [5, 5.41) is 0. The van der Waals surface area contributed by atoms with Gasteiger partial charge in [0.15, 0.2) is 0 Å². The number of benzene rings is 2. The van der Waals surface area contributed by atoms with Gasteiger partial charge in [0.05, 0.1) is 25.9 Å². The second kappa shape index (κ2) is 9.81. The van der Waals surface area contributed by atoms with E-state index in [2.05, 4.69) is 42.2 Å². The van der Waals surface area contributed by atoms with E-state index in [0.29, 0.717) is 68.1 Å². The van der Waals surface area contributed by atoms with Gasteiger partial charge in [0, 0.05) is 48.8 Å². The average Bonchev–Trinajstić information content (AvgIpc) is 3.22. The molecule has 2 saturated carbocycles. The summed E-state index contributed by atoms with van der Waals surface area (Å²) in [4.78, 5) is 31.1. The van der Waals surface area contributed by atoms with E-state index in [1.807, 2.05) is 17.0 Å². The number of hydrogen-bond acceptors (Lipinski definition) is 5. The van der Waals surface area contributed by atoms with E-state index in [1.54, 1.807) is 0 Å². The fraction of sp³-hybridized carbons (Fsp3) is 0.515. The van der Waals surface area contributed by atoms with Crippen LogP contribution in [-0.4, -0.2) is 62.8 Å². The number of amides is 1. The predicted octanol–water partition coefficient (Wildman–Crippen LogP) is 5.39. The number of esters is 1. The monoisotopic (exact) mass is 526 g/mol. The highest BCUT2D eigenvalue weighted by Gasteiger charge is 2.61. The molecule has 6 heteroatoms. The number of morpholine rings is 1. The second-order valence-corrected chi connectivity index (χ2v) is 12.0. The molecule has 3 fully saturated rings. The first-order valence-electron chi connectivity index (χ1n) is 14.7. The maximum absolute atomic E-state index is 14.1. The first kappa shape index (κ1) is 24.9. The zero-order valence-corrected chi connectivity index (χ0v) is 23.0. The Morgan fingerprint density at radius 3 is 2.46 bits per heavy atom. The van der Waals surface area contributed by atoms with Crippen molar-refractivity contribution in [3.05, 3.63) is 70.3 Å². The van der Waals surface area contributed by atoms with Crippen LogP contribution in [0.3, 0.4) is 0 Å². The summed E-state index contributed by atoms with van der Waals surface area (Å²) in [6.07, 6.45) is 6.60. The van der Waals surface area contributed by atoms with Gasteiger partial charge in [0.25, 0.3) is 5.91 Å². The smallest absolute Gasteiger partial charge is 0.337 e. The van der Waals surface area contributed by atoms with Crippen molar-refractivity contribution in [1.29, 1.82) is 0 Å². The lowest BCUT2D eigenvalue weighted by atomic mass is 9.51. The third-order valence-corrected chi connectivity index (χ3v) is 10.3. The van der Waals surface area contributed by atoms with E-state index in [0.717, 1.165) is 16.8 Å². The normalized spacial score (nSPS) is 29.9. The molecule has 0 N–H and O–H groups in total. The number of allylic oxidation sites excluding steroid dienone is 1. The van der Waals surface area contributed by atoms with Crippen molar-refractivity contribution >= 4 is 23.1 Å². The highest BCUT2D eigenvalue weighted by molar-refractivity contribution is 6.03. The number of nitrogens with zero attached hydrogens (tertiary/aromatic N) is 2. The van der Waals surface area contributed by atoms with Crippen molar-refractivity contribution in [2.24, 2.45) is 11.8 Å². The fourth-order valence-electron chi connectivity index (χ4n) is 8.47. The molecule has 2 aromatic rings. The Hall–Kier alpha value is -3.12. The van der Waals surface area contributed by atoms with Crippen LogP contribution in [0.25, 0.3) is 5.57 Å². The molecule has 4 unspecified atom stereocenters. The van der Waals surface area contributed by atoms with E-state index in [1.165, 1.54) is 55.9 Å². The van der Waals surface area contributed by atoms with Crippen molar-refractivity contribution in [2.45, 2.75) is 56.9 Å². The molecule has 1 amide bonds. The zero-order chi connectivity index (χ0) is 26.7. The number of anilines is 1. The van der Waals surface area contributed by atoms with Gasteiger partial charge in [0.2, 0.25) is 0 Å². The van der Waals surface area contributed by atoms with Crippen LogP contribution < -0.4 is 4.90 Å². The molecule has 6 nitrogen and oxygen atoms in total. The van der Waals surface area contributed by atoms with Crippen LogP contribution in [0.2, 0.25) is 0 Å². The SMILES string of the molecule is COC(=O)c1ccc2c(c1)N1C/C(C(=O)N3CCOCC3)=C(/C)c3ccccc3C3C(C4CCCCC4)C2C31. The Balaban J connectivity index is 1.40. The minimum atomic E-state index is -0.314. The van der Waals surface area contributed by atoms with Gasteiger partial charge < -0.3 is 19.3 Å². The standard InChI is InChI=1S/C33H38N2O4/c1-20-23-10-6-7-11-24(23)29-28(21-8-4-3-5-9-21)30-25-13-12-22(33(37)38-2)18-27(25)35(31(29)30)19-26(20)32(36)34-14-16-39-17-15-34/h6-7,10-13,18,21,28-31H,3-5,8-9,14-17,19H2,1-2H3/b26-20+. The van der Waals surface area contributed by atoms with Gasteiger partial charge in [-0.1, -0.05) is 62.4 Å². The molecule has 4 atom stereocenters. The minimum absolute atomic E-state index is 0.112. The van der Waals surface area contributed by atoms with E-state index < -0.39 is 0 Å². The summed E-state index contributed by atoms with van der Waals surface area (Å²) < 4.78 is 10.6. The van der Waals surface area contributed by atoms with Crippen LogP contribution >= 0.6 is 0 Å². The molecular weight excluding hydrogens is 488 g/mol. The van der Waals surface area contributed by atoms with Crippen LogP contribution in [0.1, 0.15) is 77.9 Å². The molecule has 7 rings (SSSR count). The van der Waals surface area contributed by atoms with Crippen molar-refractivity contribution in [3.8, 4) is 0 Å². The van der Waals surface area contributed by atoms with Crippen LogP contribution in [0.4, 0.5) is 5.69 Å². The Bertz CT molecular complexity index is 1340. The summed E-state index contributed by atoms with van der Waals surface area (Å²) in [5.74, 6) is 1.93. The van der Waals surface area contributed by atoms with Gasteiger partial charge in [-0.25, -0.2) is 4.79 Å². The number of carbonyl (C=O) groups excluding carboxylic acids is 2. The van der Waals surface area contributed by atoms with Gasteiger partial charge in [0.1, 0.15) is 0 Å². The van der Waals surface area contributed by atoms with E-state index in [-0.39, 0.29) is 11.9 Å². The average molecular weight is 527 g/mol. The lowest BCUT2D eigenvalue weighted by Gasteiger charge is -2.57. The number of fused-ring (bicyclic) bond motifs is 5. The van der Waals surface area contributed by atoms with Gasteiger partial charge in [-0.2, -0.15) is 0 Å². The molecule has 2 aliphatic carbocycles. The first-order valence-corrected chi connectivity index (χ1v) is 14.7. The number of carbonyl (C=O) groups is 2. The third-order valence-electron chi connectivity index (χ3n) is 10.3. The summed E-state index contributed by atoms with van der Waals surface area (Å²) in [6.45, 7) is 5.11. The van der Waals surface area contributed by atoms with E-state index in [4.69, 9.17) is 9.47 Å². The Kier molecular flexibility index (Phi) is 6.26. The van der Waals surface area contributed by atoms with Gasteiger partial charge >= 0.3 is 5.97 Å². The molecule has 0 bridgehead atoms. The van der Waals surface area contributed by atoms with Gasteiger partial charge in [-0.05, 0) is 53.2 Å². The quantitative estimate of drug-likeness (QED) is 0.503. The number of methoxy groups -OCH3 is 1. The minimum Gasteiger partial charge on any atom is -0.465 e. The molecule has 1 saturated heterocycles. The molecule has 3 heterocycles. The van der Waals surface area contributed by atoms with Crippen molar-refractivity contribution in [2.75, 3.05) is 44.9 Å². The van der Waals surface area contributed by atoms with Crippen LogP contribution in [0.5, 0.6) is 0 Å². The summed E-state index contributed by atoms with van der Waals surface area (Å²) >= 11 is 0. The highest BCUT2D eigenvalue weighted by Crippen LogP contribution is 2.66. The number of ether oxygens (including phenoxy) is 2. The van der Waals surface area contributed by atoms with Crippen LogP contribution in [0.15, 0.2) is 48.0 Å². The lowest BCUT2D eigenvalue weighted by molar-refractivity contribution is -0.131. The topological polar surface area (TPSA) is 59.1 Å². The lowest BCUT2D eigenvalue weighted by Crippen LogP contribution is -2.57. The van der Waals surface area contributed by atoms with Crippen LogP contribution in [-0.2, 0) is 14.3 Å². The van der Waals surface area contributed by atoms with Crippen molar-refractivity contribution < 1.29 is 19.1 Å². The molecule has 0 aromatic heterocycles. The Morgan fingerprint density at radius 1 is 0.949 bits per heavy atom. The first-order chi connectivity index (χ1) is 19.1. The molecule has 0 spiro atoms. The Morgan fingerprint density at radius 2 is 1.69 bits per heavy atom. The molecule has 204 valence electrons. The summed E-state index contributed by atoms with van der Waals surface area (Å²) in [5.41, 5.74) is 7.61. The molecule has 2 aromatic carbocycles. The second-order valence-electron chi connectivity index (χ2n) is 12.0. The molecule has 3 aliphatic heterocycles. The fourth-order valence-corrected chi connectivity index (χ4v) is 8.47. The third kappa shape index (κ3) is 3.86. The molecule has 5 aliphatic rings. The Labute approximate surface area is 231 Å². The van der Waals surface area contributed by atoms with Gasteiger partial charge in [-0.15, -0.1) is 0 Å². The molecular formula is C33H38N2O4. The van der Waals surface area contributed by atoms with Crippen molar-refractivity contribution in [3.63, 3.8) is 0 Å². The van der Waals surface area contributed by atoms with E-state index in [9.17, 15) is 9.59 Å². The maximum Gasteiger partial charge on any atom is 0.337 e.